The van der Waals surface area contributed by atoms with Crippen molar-refractivity contribution in [3.63, 3.8) is 0 Å². The Bertz CT molecular complexity index is 236. The van der Waals surface area contributed by atoms with E-state index in [1.54, 1.807) is 0 Å². The maximum absolute atomic E-state index is 13.0. The van der Waals surface area contributed by atoms with Gasteiger partial charge in [0.1, 0.15) is 0 Å². The van der Waals surface area contributed by atoms with E-state index in [1.165, 1.54) is 4.90 Å². The Morgan fingerprint density at radius 2 is 2.27 bits per heavy atom. The average Bonchev–Trinajstić information content (AvgIpc) is 1.99. The summed E-state index contributed by atoms with van der Waals surface area (Å²) in [6, 6.07) is -0.573. The van der Waals surface area contributed by atoms with Gasteiger partial charge < -0.3 is 10.8 Å². The highest BCUT2D eigenvalue weighted by Crippen LogP contribution is 2.26. The summed E-state index contributed by atoms with van der Waals surface area (Å²) in [5.74, 6) is -3.65. The number of likely N-dealkylation sites (tertiary alicyclic amines) is 1. The van der Waals surface area contributed by atoms with Crippen molar-refractivity contribution >= 4 is 5.97 Å². The second-order valence-corrected chi connectivity index (χ2v) is 4.05. The van der Waals surface area contributed by atoms with E-state index < -0.39 is 17.9 Å². The molecule has 1 rings (SSSR count). The zero-order chi connectivity index (χ0) is 11.5. The molecule has 6 heteroatoms. The standard InChI is InChI=1S/C9H16F2N2O2/c10-9(11)2-1-3-13(6-9)5-7(12)4-8(14)15/h7H,1-6,12H2,(H,14,15). The molecule has 1 saturated heterocycles. The third-order valence-electron chi connectivity index (χ3n) is 2.40. The minimum absolute atomic E-state index is 0.0856. The van der Waals surface area contributed by atoms with Crippen LogP contribution < -0.4 is 5.73 Å². The predicted molar refractivity (Wildman–Crippen MR) is 50.8 cm³/mol. The minimum Gasteiger partial charge on any atom is -0.481 e. The van der Waals surface area contributed by atoms with Gasteiger partial charge >= 0.3 is 5.97 Å². The van der Waals surface area contributed by atoms with Gasteiger partial charge in [-0.1, -0.05) is 0 Å². The van der Waals surface area contributed by atoms with Crippen LogP contribution in [0.1, 0.15) is 19.3 Å². The minimum atomic E-state index is -2.65. The molecule has 1 atom stereocenters. The molecule has 1 heterocycles. The van der Waals surface area contributed by atoms with Crippen LogP contribution in [0.5, 0.6) is 0 Å². The number of carboxylic acid groups (broad SMARTS) is 1. The van der Waals surface area contributed by atoms with Gasteiger partial charge in [0.2, 0.25) is 0 Å². The van der Waals surface area contributed by atoms with Crippen LogP contribution >= 0.6 is 0 Å². The largest absolute Gasteiger partial charge is 0.481 e. The number of piperidine rings is 1. The molecule has 0 bridgehead atoms. The molecule has 0 aliphatic carbocycles. The van der Waals surface area contributed by atoms with Crippen LogP contribution in [0.25, 0.3) is 0 Å². The second kappa shape index (κ2) is 4.85. The normalized spacial score (nSPS) is 23.7. The molecule has 0 aromatic heterocycles. The molecular formula is C9H16F2N2O2. The first-order chi connectivity index (χ1) is 6.89. The second-order valence-electron chi connectivity index (χ2n) is 4.05. The number of rotatable bonds is 4. The fourth-order valence-electron chi connectivity index (χ4n) is 1.82. The third-order valence-corrected chi connectivity index (χ3v) is 2.40. The maximum atomic E-state index is 13.0. The van der Waals surface area contributed by atoms with Crippen LogP contribution in [0.3, 0.4) is 0 Å². The number of halogens is 2. The smallest absolute Gasteiger partial charge is 0.304 e. The number of hydrogen-bond acceptors (Lipinski definition) is 3. The lowest BCUT2D eigenvalue weighted by atomic mass is 10.1. The van der Waals surface area contributed by atoms with Crippen molar-refractivity contribution < 1.29 is 18.7 Å². The Labute approximate surface area is 87.0 Å². The molecule has 0 saturated carbocycles. The van der Waals surface area contributed by atoms with Crippen molar-refractivity contribution in [1.82, 2.24) is 4.90 Å². The van der Waals surface area contributed by atoms with Gasteiger partial charge in [-0.05, 0) is 13.0 Å². The van der Waals surface area contributed by atoms with Gasteiger partial charge in [-0.2, -0.15) is 0 Å². The zero-order valence-electron chi connectivity index (χ0n) is 8.46. The molecule has 88 valence electrons. The van der Waals surface area contributed by atoms with E-state index >= 15 is 0 Å². The van der Waals surface area contributed by atoms with Crippen LogP contribution in [0, 0.1) is 0 Å². The van der Waals surface area contributed by atoms with Crippen LogP contribution in [0.2, 0.25) is 0 Å². The predicted octanol–water partition coefficient (Wildman–Crippen LogP) is 0.519. The van der Waals surface area contributed by atoms with Gasteiger partial charge in [0, 0.05) is 19.0 Å². The number of nitrogens with two attached hydrogens (primary N) is 1. The van der Waals surface area contributed by atoms with Crippen molar-refractivity contribution in [3.8, 4) is 0 Å². The molecule has 0 amide bonds. The van der Waals surface area contributed by atoms with Crippen molar-refractivity contribution in [3.05, 3.63) is 0 Å². The summed E-state index contributed by atoms with van der Waals surface area (Å²) in [4.78, 5) is 11.9. The number of carboxylic acids is 1. The number of aliphatic carboxylic acids is 1. The number of hydrogen-bond donors (Lipinski definition) is 2. The van der Waals surface area contributed by atoms with E-state index in [1.807, 2.05) is 0 Å². The summed E-state index contributed by atoms with van der Waals surface area (Å²) >= 11 is 0. The SMILES string of the molecule is NC(CC(=O)O)CN1CCCC(F)(F)C1. The van der Waals surface area contributed by atoms with Gasteiger partial charge in [-0.3, -0.25) is 9.69 Å². The lowest BCUT2D eigenvalue weighted by molar-refractivity contribution is -0.137. The van der Waals surface area contributed by atoms with Gasteiger partial charge in [0.05, 0.1) is 13.0 Å². The lowest BCUT2D eigenvalue weighted by Crippen LogP contribution is -2.47. The van der Waals surface area contributed by atoms with Gasteiger partial charge in [0.25, 0.3) is 5.92 Å². The van der Waals surface area contributed by atoms with Crippen LogP contribution in [-0.4, -0.2) is 47.6 Å². The van der Waals surface area contributed by atoms with E-state index in [-0.39, 0.29) is 25.9 Å². The van der Waals surface area contributed by atoms with Crippen molar-refractivity contribution in [2.45, 2.75) is 31.2 Å². The summed E-state index contributed by atoms with van der Waals surface area (Å²) in [5.41, 5.74) is 5.53. The van der Waals surface area contributed by atoms with E-state index in [4.69, 9.17) is 10.8 Å². The van der Waals surface area contributed by atoms with Gasteiger partial charge in [-0.25, -0.2) is 8.78 Å². The zero-order valence-corrected chi connectivity index (χ0v) is 8.46. The molecule has 0 aromatic rings. The van der Waals surface area contributed by atoms with Crippen molar-refractivity contribution in [1.29, 1.82) is 0 Å². The maximum Gasteiger partial charge on any atom is 0.304 e. The summed E-state index contributed by atoms with van der Waals surface area (Å²) in [6.45, 7) is 0.491. The molecule has 0 aromatic carbocycles. The first-order valence-corrected chi connectivity index (χ1v) is 4.96. The number of carbonyl (C=O) groups is 1. The Morgan fingerprint density at radius 3 is 2.80 bits per heavy atom. The molecule has 1 unspecified atom stereocenters. The topological polar surface area (TPSA) is 66.6 Å². The Kier molecular flexibility index (Phi) is 3.98. The van der Waals surface area contributed by atoms with Crippen molar-refractivity contribution in [2.75, 3.05) is 19.6 Å². The first kappa shape index (κ1) is 12.3. The molecule has 0 spiro atoms. The summed E-state index contributed by atoms with van der Waals surface area (Å²) in [6.07, 6.45) is 0.173. The van der Waals surface area contributed by atoms with Crippen LogP contribution in [-0.2, 0) is 4.79 Å². The van der Waals surface area contributed by atoms with E-state index in [9.17, 15) is 13.6 Å². The molecular weight excluding hydrogens is 206 g/mol. The number of nitrogens with zero attached hydrogens (tertiary/aromatic N) is 1. The fraction of sp³-hybridized carbons (Fsp3) is 0.889. The summed E-state index contributed by atoms with van der Waals surface area (Å²) in [7, 11) is 0. The Balaban J connectivity index is 2.34. The monoisotopic (exact) mass is 222 g/mol. The molecule has 1 fully saturated rings. The van der Waals surface area contributed by atoms with Crippen LogP contribution in [0.15, 0.2) is 0 Å². The van der Waals surface area contributed by atoms with Gasteiger partial charge in [0.15, 0.2) is 0 Å². The van der Waals surface area contributed by atoms with E-state index in [2.05, 4.69) is 0 Å². The molecule has 3 N–H and O–H groups in total. The summed E-state index contributed by atoms with van der Waals surface area (Å²) in [5, 5.41) is 8.47. The van der Waals surface area contributed by atoms with E-state index in [0.29, 0.717) is 13.0 Å². The highest BCUT2D eigenvalue weighted by molar-refractivity contribution is 5.67. The highest BCUT2D eigenvalue weighted by atomic mass is 19.3. The lowest BCUT2D eigenvalue weighted by Gasteiger charge is -2.33. The molecule has 4 nitrogen and oxygen atoms in total. The third kappa shape index (κ3) is 4.53. The Morgan fingerprint density at radius 1 is 1.60 bits per heavy atom. The van der Waals surface area contributed by atoms with Gasteiger partial charge in [-0.15, -0.1) is 0 Å². The van der Waals surface area contributed by atoms with Crippen molar-refractivity contribution in [2.24, 2.45) is 5.73 Å². The molecule has 0 radical (unpaired) electrons. The number of alkyl halides is 2. The molecule has 1 aliphatic heterocycles. The Hall–Kier alpha value is -0.750. The molecule has 1 aliphatic rings. The fourth-order valence-corrected chi connectivity index (χ4v) is 1.82. The van der Waals surface area contributed by atoms with E-state index in [0.717, 1.165) is 0 Å². The highest BCUT2D eigenvalue weighted by Gasteiger charge is 2.35. The summed E-state index contributed by atoms with van der Waals surface area (Å²) < 4.78 is 25.9. The van der Waals surface area contributed by atoms with Crippen LogP contribution in [0.4, 0.5) is 8.78 Å². The first-order valence-electron chi connectivity index (χ1n) is 4.96. The quantitative estimate of drug-likeness (QED) is 0.727. The molecule has 15 heavy (non-hydrogen) atoms. The average molecular weight is 222 g/mol.